The molecule has 5 rings (SSSR count). The van der Waals surface area contributed by atoms with Gasteiger partial charge in [0, 0.05) is 46.3 Å². The molecule has 5 aromatic rings. The van der Waals surface area contributed by atoms with Crippen molar-refractivity contribution >= 4 is 55.4 Å². The first kappa shape index (κ1) is 32.9. The third kappa shape index (κ3) is 8.00. The van der Waals surface area contributed by atoms with E-state index in [-0.39, 0.29) is 16.1 Å². The smallest absolute Gasteiger partial charge is 0.262 e. The number of hydrogen-bond donors (Lipinski definition) is 2. The largest absolute Gasteiger partial charge is 0.457 e. The van der Waals surface area contributed by atoms with Gasteiger partial charge >= 0.3 is 0 Å². The van der Waals surface area contributed by atoms with Crippen molar-refractivity contribution in [2.75, 3.05) is 28.0 Å². The molecule has 0 atom stereocenters. The van der Waals surface area contributed by atoms with Crippen molar-refractivity contribution < 1.29 is 17.9 Å². The van der Waals surface area contributed by atoms with Crippen LogP contribution in [0.15, 0.2) is 114 Å². The summed E-state index contributed by atoms with van der Waals surface area (Å²) >= 11 is 6.28. The second kappa shape index (κ2) is 15.2. The van der Waals surface area contributed by atoms with Gasteiger partial charge in [0.25, 0.3) is 15.9 Å². The lowest BCUT2D eigenvalue weighted by atomic mass is 10.1. The summed E-state index contributed by atoms with van der Waals surface area (Å²) in [7, 11) is -4.11. The lowest BCUT2D eigenvalue weighted by Gasteiger charge is -2.26. The van der Waals surface area contributed by atoms with Crippen LogP contribution in [0.4, 0.5) is 17.1 Å². The quantitative estimate of drug-likeness (QED) is 0.124. The number of para-hydroxylation sites is 1. The Morgan fingerprint density at radius 3 is 2.17 bits per heavy atom. The van der Waals surface area contributed by atoms with E-state index in [2.05, 4.69) is 34.9 Å². The van der Waals surface area contributed by atoms with Crippen molar-refractivity contribution in [3.8, 4) is 11.5 Å². The van der Waals surface area contributed by atoms with E-state index in [4.69, 9.17) is 16.3 Å². The molecule has 0 saturated heterocycles. The van der Waals surface area contributed by atoms with Gasteiger partial charge in [0.1, 0.15) is 11.5 Å². The molecule has 238 valence electrons. The van der Waals surface area contributed by atoms with Gasteiger partial charge in [-0.1, -0.05) is 86.8 Å². The highest BCUT2D eigenvalue weighted by molar-refractivity contribution is 7.93. The van der Waals surface area contributed by atoms with Crippen LogP contribution in [-0.4, -0.2) is 27.4 Å². The minimum atomic E-state index is -4.11. The predicted molar refractivity (Wildman–Crippen MR) is 189 cm³/mol. The molecule has 0 aliphatic heterocycles. The SMILES string of the molecule is CCCCN(CCCC)c1cccc2c(S(=O)(=O)Nc3ccc(Cl)cc3C(=O)Nc3cccc(Oc4ccccc4)c3)cccc12. The number of nitrogens with one attached hydrogen (secondary N) is 2. The monoisotopic (exact) mass is 655 g/mol. The zero-order chi connectivity index (χ0) is 32.5. The van der Waals surface area contributed by atoms with Crippen LogP contribution >= 0.6 is 11.6 Å². The van der Waals surface area contributed by atoms with E-state index in [0.717, 1.165) is 49.8 Å². The number of rotatable bonds is 14. The standard InChI is InChI=1S/C37H38ClN3O4S/c1-3-5-23-41(24-6-4-2)35-19-11-18-32-31(35)17-12-20-36(32)46(43,44)40-34-22-21-27(38)25-33(34)37(42)39-28-13-10-16-30(26-28)45-29-14-8-7-9-15-29/h7-22,25-26,40H,3-6,23-24H2,1-2H3,(H,39,42). The number of carbonyl (C=O) groups excluding carboxylic acids is 1. The molecule has 0 fully saturated rings. The molecule has 9 heteroatoms. The average molecular weight is 656 g/mol. The highest BCUT2D eigenvalue weighted by atomic mass is 35.5. The van der Waals surface area contributed by atoms with Crippen molar-refractivity contribution in [3.63, 3.8) is 0 Å². The molecule has 0 spiro atoms. The van der Waals surface area contributed by atoms with E-state index in [1.165, 1.54) is 12.1 Å². The van der Waals surface area contributed by atoms with Crippen molar-refractivity contribution in [2.45, 2.75) is 44.4 Å². The van der Waals surface area contributed by atoms with E-state index in [0.29, 0.717) is 27.6 Å². The molecule has 2 N–H and O–H groups in total. The maximum Gasteiger partial charge on any atom is 0.262 e. The Balaban J connectivity index is 1.43. The van der Waals surface area contributed by atoms with Crippen molar-refractivity contribution in [1.82, 2.24) is 0 Å². The van der Waals surface area contributed by atoms with Crippen LogP contribution in [0.2, 0.25) is 5.02 Å². The summed E-state index contributed by atoms with van der Waals surface area (Å²) in [4.78, 5) is 16.0. The lowest BCUT2D eigenvalue weighted by Crippen LogP contribution is -2.26. The zero-order valence-corrected chi connectivity index (χ0v) is 27.6. The van der Waals surface area contributed by atoms with Crippen LogP contribution in [0.3, 0.4) is 0 Å². The van der Waals surface area contributed by atoms with Crippen molar-refractivity contribution in [3.05, 3.63) is 120 Å². The first-order chi connectivity index (χ1) is 22.3. The molecule has 1 amide bonds. The number of benzene rings is 5. The zero-order valence-electron chi connectivity index (χ0n) is 26.0. The predicted octanol–water partition coefficient (Wildman–Crippen LogP) is 9.75. The lowest BCUT2D eigenvalue weighted by molar-refractivity contribution is 0.102. The summed E-state index contributed by atoms with van der Waals surface area (Å²) in [5, 5.41) is 4.61. The second-order valence-electron chi connectivity index (χ2n) is 11.0. The number of sulfonamides is 1. The average Bonchev–Trinajstić information content (AvgIpc) is 3.05. The van der Waals surface area contributed by atoms with Crippen LogP contribution in [0.1, 0.15) is 49.9 Å². The van der Waals surface area contributed by atoms with E-state index in [1.807, 2.05) is 48.5 Å². The van der Waals surface area contributed by atoms with Gasteiger partial charge in [-0.3, -0.25) is 9.52 Å². The van der Waals surface area contributed by atoms with Crippen LogP contribution < -0.4 is 19.7 Å². The van der Waals surface area contributed by atoms with Gasteiger partial charge in [-0.05, 0) is 67.4 Å². The fourth-order valence-corrected chi connectivity index (χ4v) is 6.75. The number of halogens is 1. The van der Waals surface area contributed by atoms with Gasteiger partial charge in [-0.15, -0.1) is 0 Å². The van der Waals surface area contributed by atoms with E-state index in [1.54, 1.807) is 42.5 Å². The molecule has 0 aromatic heterocycles. The Morgan fingerprint density at radius 2 is 1.43 bits per heavy atom. The van der Waals surface area contributed by atoms with Crippen LogP contribution in [0.25, 0.3) is 10.8 Å². The number of amides is 1. The number of ether oxygens (including phenoxy) is 1. The number of anilines is 3. The Morgan fingerprint density at radius 1 is 0.761 bits per heavy atom. The second-order valence-corrected chi connectivity index (χ2v) is 13.1. The molecule has 46 heavy (non-hydrogen) atoms. The van der Waals surface area contributed by atoms with Gasteiger partial charge in [0.15, 0.2) is 0 Å². The highest BCUT2D eigenvalue weighted by Crippen LogP contribution is 2.34. The number of nitrogens with zero attached hydrogens (tertiary/aromatic N) is 1. The van der Waals surface area contributed by atoms with E-state index >= 15 is 0 Å². The molecule has 0 bridgehead atoms. The van der Waals surface area contributed by atoms with Gasteiger partial charge in [0.05, 0.1) is 16.1 Å². The minimum absolute atomic E-state index is 0.0803. The first-order valence-corrected chi connectivity index (χ1v) is 17.4. The molecule has 0 aliphatic rings. The third-order valence-electron chi connectivity index (χ3n) is 7.59. The third-order valence-corrected chi connectivity index (χ3v) is 9.25. The molecule has 0 unspecified atom stereocenters. The van der Waals surface area contributed by atoms with E-state index < -0.39 is 15.9 Å². The molecular formula is C37H38ClN3O4S. The van der Waals surface area contributed by atoms with Gasteiger partial charge in [0.2, 0.25) is 0 Å². The minimum Gasteiger partial charge on any atom is -0.457 e. The molecular weight excluding hydrogens is 618 g/mol. The maximum absolute atomic E-state index is 14.0. The summed E-state index contributed by atoms with van der Waals surface area (Å²) in [5.74, 6) is 0.668. The molecule has 0 aliphatic carbocycles. The molecule has 0 saturated carbocycles. The van der Waals surface area contributed by atoms with Gasteiger partial charge < -0.3 is 15.0 Å². The number of fused-ring (bicyclic) bond motifs is 1. The fraction of sp³-hybridized carbons (Fsp3) is 0.216. The summed E-state index contributed by atoms with van der Waals surface area (Å²) in [6.45, 7) is 6.13. The normalized spacial score (nSPS) is 11.3. The summed E-state index contributed by atoms with van der Waals surface area (Å²) < 4.78 is 36.5. The first-order valence-electron chi connectivity index (χ1n) is 15.5. The van der Waals surface area contributed by atoms with E-state index in [9.17, 15) is 13.2 Å². The number of hydrogen-bond acceptors (Lipinski definition) is 5. The molecule has 0 radical (unpaired) electrons. The van der Waals surface area contributed by atoms with Crippen LogP contribution in [-0.2, 0) is 10.0 Å². The van der Waals surface area contributed by atoms with Crippen molar-refractivity contribution in [2.24, 2.45) is 0 Å². The summed E-state index contributed by atoms with van der Waals surface area (Å²) in [5.41, 5.74) is 1.68. The van der Waals surface area contributed by atoms with Crippen LogP contribution in [0, 0.1) is 0 Å². The summed E-state index contributed by atoms with van der Waals surface area (Å²) in [6.07, 6.45) is 4.23. The molecule has 0 heterocycles. The highest BCUT2D eigenvalue weighted by Gasteiger charge is 2.23. The molecule has 7 nitrogen and oxygen atoms in total. The number of carbonyl (C=O) groups is 1. The summed E-state index contributed by atoms with van der Waals surface area (Å²) in [6, 6.07) is 31.8. The van der Waals surface area contributed by atoms with Crippen molar-refractivity contribution in [1.29, 1.82) is 0 Å². The van der Waals surface area contributed by atoms with Gasteiger partial charge in [-0.25, -0.2) is 8.42 Å². The molecule has 5 aromatic carbocycles. The van der Waals surface area contributed by atoms with Gasteiger partial charge in [-0.2, -0.15) is 0 Å². The Kier molecular flexibility index (Phi) is 10.8. The number of unbranched alkanes of at least 4 members (excludes halogenated alkanes) is 2. The van der Waals surface area contributed by atoms with Crippen LogP contribution in [0.5, 0.6) is 11.5 Å². The fourth-order valence-electron chi connectivity index (χ4n) is 5.28. The Bertz CT molecular complexity index is 1910. The Hall–Kier alpha value is -4.53. The Labute approximate surface area is 276 Å². The topological polar surface area (TPSA) is 87.7 Å². The maximum atomic E-state index is 14.0.